The lowest BCUT2D eigenvalue weighted by molar-refractivity contribution is 0.568. The van der Waals surface area contributed by atoms with Crippen molar-refractivity contribution in [3.05, 3.63) is 143 Å². The SMILES string of the molecule is CC1(C)c2ccccc2-c2ccc(N(c3ccc4c(c3)sc3ccc5ccccc5c34)C3C=c4oc5ccccc5c4=CC3)cc21. The van der Waals surface area contributed by atoms with E-state index in [0.29, 0.717) is 0 Å². The molecule has 0 aliphatic heterocycles. The molecular formula is C43H31NOS. The first-order valence-electron chi connectivity index (χ1n) is 16.1. The van der Waals surface area contributed by atoms with Crippen LogP contribution in [-0.2, 0) is 5.41 Å². The first kappa shape index (κ1) is 26.1. The number of fused-ring (bicyclic) bond motifs is 11. The highest BCUT2D eigenvalue weighted by molar-refractivity contribution is 7.26. The van der Waals surface area contributed by atoms with Crippen LogP contribution >= 0.6 is 11.3 Å². The fraction of sp³-hybridized carbons (Fsp3) is 0.116. The maximum atomic E-state index is 6.43. The van der Waals surface area contributed by atoms with Crippen molar-refractivity contribution in [1.29, 1.82) is 0 Å². The minimum absolute atomic E-state index is 0.0710. The number of furan rings is 1. The smallest absolute Gasteiger partial charge is 0.135 e. The molecule has 0 spiro atoms. The third-order valence-electron chi connectivity index (χ3n) is 10.4. The van der Waals surface area contributed by atoms with E-state index in [2.05, 4.69) is 152 Å². The van der Waals surface area contributed by atoms with Gasteiger partial charge in [0.1, 0.15) is 11.0 Å². The zero-order chi connectivity index (χ0) is 30.6. The normalized spacial score (nSPS) is 16.3. The van der Waals surface area contributed by atoms with Crippen LogP contribution in [0, 0.1) is 0 Å². The second-order valence-electron chi connectivity index (χ2n) is 13.3. The predicted molar refractivity (Wildman–Crippen MR) is 196 cm³/mol. The molecule has 3 heteroatoms. The van der Waals surface area contributed by atoms with Crippen molar-refractivity contribution in [2.24, 2.45) is 0 Å². The molecule has 6 aromatic carbocycles. The lowest BCUT2D eigenvalue weighted by Gasteiger charge is -2.33. The Morgan fingerprint density at radius 1 is 0.674 bits per heavy atom. The number of hydrogen-bond acceptors (Lipinski definition) is 3. The van der Waals surface area contributed by atoms with Crippen LogP contribution in [-0.4, -0.2) is 6.04 Å². The summed E-state index contributed by atoms with van der Waals surface area (Å²) in [5.74, 6) is 0. The molecule has 46 heavy (non-hydrogen) atoms. The van der Waals surface area contributed by atoms with E-state index in [1.54, 1.807) is 0 Å². The summed E-state index contributed by atoms with van der Waals surface area (Å²) in [6, 6.07) is 44.8. The van der Waals surface area contributed by atoms with E-state index in [0.717, 1.165) is 17.4 Å². The molecule has 0 radical (unpaired) electrons. The molecule has 8 aromatic rings. The maximum Gasteiger partial charge on any atom is 0.135 e. The minimum Gasteiger partial charge on any atom is -0.456 e. The van der Waals surface area contributed by atoms with E-state index in [9.17, 15) is 0 Å². The van der Waals surface area contributed by atoms with Gasteiger partial charge < -0.3 is 9.32 Å². The first-order valence-corrected chi connectivity index (χ1v) is 16.9. The van der Waals surface area contributed by atoms with E-state index in [-0.39, 0.29) is 11.5 Å². The Bertz CT molecular complexity index is 2670. The van der Waals surface area contributed by atoms with Crippen LogP contribution in [0.1, 0.15) is 31.4 Å². The van der Waals surface area contributed by atoms with Crippen LogP contribution in [0.15, 0.2) is 126 Å². The van der Waals surface area contributed by atoms with Gasteiger partial charge in [-0.05, 0) is 81.9 Å². The Labute approximate surface area is 271 Å². The van der Waals surface area contributed by atoms with Crippen molar-refractivity contribution in [3.8, 4) is 11.1 Å². The Morgan fingerprint density at radius 3 is 2.37 bits per heavy atom. The Morgan fingerprint density at radius 2 is 1.43 bits per heavy atom. The van der Waals surface area contributed by atoms with Gasteiger partial charge in [-0.2, -0.15) is 0 Å². The summed E-state index contributed by atoms with van der Waals surface area (Å²) in [6.45, 7) is 4.72. The van der Waals surface area contributed by atoms with Gasteiger partial charge in [0.25, 0.3) is 0 Å². The molecule has 0 amide bonds. The second-order valence-corrected chi connectivity index (χ2v) is 14.3. The van der Waals surface area contributed by atoms with Crippen LogP contribution in [0.2, 0.25) is 0 Å². The zero-order valence-corrected chi connectivity index (χ0v) is 26.6. The highest BCUT2D eigenvalue weighted by Crippen LogP contribution is 2.50. The molecule has 2 aliphatic rings. The van der Waals surface area contributed by atoms with Crippen LogP contribution in [0.25, 0.3) is 65.2 Å². The summed E-state index contributed by atoms with van der Waals surface area (Å²) in [4.78, 5) is 2.54. The molecule has 0 saturated heterocycles. The fourth-order valence-electron chi connectivity index (χ4n) is 8.14. The number of benzene rings is 6. The third-order valence-corrected chi connectivity index (χ3v) is 11.5. The van der Waals surface area contributed by atoms with Gasteiger partial charge in [0, 0.05) is 47.6 Å². The van der Waals surface area contributed by atoms with Gasteiger partial charge in [-0.15, -0.1) is 11.3 Å². The van der Waals surface area contributed by atoms with Gasteiger partial charge in [0.15, 0.2) is 0 Å². The quantitative estimate of drug-likeness (QED) is 0.198. The van der Waals surface area contributed by atoms with Crippen molar-refractivity contribution >= 4 is 76.8 Å². The highest BCUT2D eigenvalue weighted by atomic mass is 32.1. The number of rotatable bonds is 3. The molecule has 1 unspecified atom stereocenters. The maximum absolute atomic E-state index is 6.43. The molecule has 0 fully saturated rings. The van der Waals surface area contributed by atoms with Crippen LogP contribution < -0.4 is 15.5 Å². The Kier molecular flexibility index (Phi) is 5.37. The number of nitrogens with zero attached hydrogens (tertiary/aromatic N) is 1. The molecule has 0 N–H and O–H groups in total. The van der Waals surface area contributed by atoms with E-state index in [4.69, 9.17) is 4.42 Å². The highest BCUT2D eigenvalue weighted by Gasteiger charge is 2.36. The van der Waals surface area contributed by atoms with Crippen molar-refractivity contribution in [2.75, 3.05) is 4.90 Å². The average Bonchev–Trinajstić information content (AvgIpc) is 3.72. The summed E-state index contributed by atoms with van der Waals surface area (Å²) in [7, 11) is 0. The van der Waals surface area contributed by atoms with E-state index < -0.39 is 0 Å². The molecule has 10 rings (SSSR count). The van der Waals surface area contributed by atoms with Crippen LogP contribution in [0.5, 0.6) is 0 Å². The molecule has 0 bridgehead atoms. The summed E-state index contributed by atoms with van der Waals surface area (Å²) in [5, 5.41) is 7.70. The summed E-state index contributed by atoms with van der Waals surface area (Å²) >= 11 is 1.89. The van der Waals surface area contributed by atoms with Crippen molar-refractivity contribution < 1.29 is 4.42 Å². The number of hydrogen-bond donors (Lipinski definition) is 0. The zero-order valence-electron chi connectivity index (χ0n) is 25.7. The molecule has 2 aromatic heterocycles. The van der Waals surface area contributed by atoms with E-state index in [1.807, 2.05) is 11.3 Å². The van der Waals surface area contributed by atoms with Crippen LogP contribution in [0.4, 0.5) is 11.4 Å². The van der Waals surface area contributed by atoms with E-state index in [1.165, 1.54) is 75.2 Å². The van der Waals surface area contributed by atoms with Crippen molar-refractivity contribution in [3.63, 3.8) is 0 Å². The largest absolute Gasteiger partial charge is 0.456 e. The van der Waals surface area contributed by atoms with Gasteiger partial charge >= 0.3 is 0 Å². The number of para-hydroxylation sites is 1. The summed E-state index contributed by atoms with van der Waals surface area (Å²) in [5.41, 5.74) is 9.73. The standard InChI is InChI=1S/C43H31NOS/c1-43(2)36-13-7-5-11-31(36)32-19-16-27(23-37(32)43)44(28-17-20-34-33-12-6-8-14-38(33)45-39(34)24-28)29-18-21-35-41(25-29)46-40-22-15-26-9-3-4-10-30(26)42(35)40/h3-16,18-25,28H,17H2,1-2H3. The Hall–Kier alpha value is -5.12. The molecule has 2 nitrogen and oxygen atoms in total. The minimum atomic E-state index is -0.0710. The third kappa shape index (κ3) is 3.64. The van der Waals surface area contributed by atoms with Crippen molar-refractivity contribution in [1.82, 2.24) is 0 Å². The summed E-state index contributed by atoms with van der Waals surface area (Å²) < 4.78 is 9.08. The lowest BCUT2D eigenvalue weighted by atomic mass is 9.82. The van der Waals surface area contributed by atoms with Crippen molar-refractivity contribution in [2.45, 2.75) is 31.7 Å². The molecule has 220 valence electrons. The first-order chi connectivity index (χ1) is 22.5. The topological polar surface area (TPSA) is 16.4 Å². The van der Waals surface area contributed by atoms with Gasteiger partial charge in [0.2, 0.25) is 0 Å². The lowest BCUT2D eigenvalue weighted by Crippen LogP contribution is -2.36. The number of thiophene rings is 1. The molecular weight excluding hydrogens is 579 g/mol. The molecule has 0 saturated carbocycles. The van der Waals surface area contributed by atoms with Gasteiger partial charge in [-0.3, -0.25) is 0 Å². The fourth-order valence-corrected chi connectivity index (χ4v) is 9.29. The van der Waals surface area contributed by atoms with Crippen LogP contribution in [0.3, 0.4) is 0 Å². The predicted octanol–water partition coefficient (Wildman–Crippen LogP) is 10.4. The molecule has 1 atom stereocenters. The summed E-state index contributed by atoms with van der Waals surface area (Å²) in [6.07, 6.45) is 5.60. The van der Waals surface area contributed by atoms with Gasteiger partial charge in [-0.1, -0.05) is 105 Å². The molecule has 2 aliphatic carbocycles. The monoisotopic (exact) mass is 609 g/mol. The molecule has 2 heterocycles. The average molecular weight is 610 g/mol. The van der Waals surface area contributed by atoms with Gasteiger partial charge in [-0.25, -0.2) is 0 Å². The number of anilines is 2. The second kappa shape index (κ2) is 9.45. The van der Waals surface area contributed by atoms with E-state index >= 15 is 0 Å². The Balaban J connectivity index is 1.18. The van der Waals surface area contributed by atoms with Gasteiger partial charge in [0.05, 0.1) is 6.04 Å².